The van der Waals surface area contributed by atoms with Gasteiger partial charge >= 0.3 is 0 Å². The Balaban J connectivity index is 1.30. The molecule has 0 unspecified atom stereocenters. The number of benzene rings is 2. The van der Waals surface area contributed by atoms with E-state index in [2.05, 4.69) is 27.4 Å². The van der Waals surface area contributed by atoms with Gasteiger partial charge < -0.3 is 10.3 Å². The summed E-state index contributed by atoms with van der Waals surface area (Å²) < 4.78 is 1.22. The highest BCUT2D eigenvalue weighted by Crippen LogP contribution is 2.23. The number of H-pyrrole nitrogens is 1. The number of rotatable bonds is 6. The van der Waals surface area contributed by atoms with Gasteiger partial charge in [-0.3, -0.25) is 4.79 Å². The number of aryl methyl sites for hydroxylation is 2. The van der Waals surface area contributed by atoms with Crippen LogP contribution >= 0.6 is 11.3 Å². The van der Waals surface area contributed by atoms with Crippen LogP contribution in [0.4, 0.5) is 0 Å². The van der Waals surface area contributed by atoms with E-state index in [1.165, 1.54) is 4.70 Å². The van der Waals surface area contributed by atoms with E-state index >= 15 is 0 Å². The maximum Gasteiger partial charge on any atom is 0.224 e. The van der Waals surface area contributed by atoms with E-state index in [9.17, 15) is 4.79 Å². The number of nitrogens with one attached hydrogen (secondary N) is 2. The third-order valence-corrected chi connectivity index (χ3v) is 5.69. The molecule has 4 aromatic rings. The molecule has 2 heterocycles. The van der Waals surface area contributed by atoms with Gasteiger partial charge in [0.1, 0.15) is 0 Å². The van der Waals surface area contributed by atoms with Gasteiger partial charge in [0, 0.05) is 29.6 Å². The van der Waals surface area contributed by atoms with Gasteiger partial charge in [0.2, 0.25) is 5.91 Å². The van der Waals surface area contributed by atoms with Crippen LogP contribution in [0, 0.1) is 6.92 Å². The van der Waals surface area contributed by atoms with E-state index in [0.29, 0.717) is 13.0 Å². The quantitative estimate of drug-likeness (QED) is 0.500. The Morgan fingerprint density at radius 3 is 2.85 bits per heavy atom. The lowest BCUT2D eigenvalue weighted by Gasteiger charge is -2.05. The van der Waals surface area contributed by atoms with Gasteiger partial charge in [-0.05, 0) is 37.1 Å². The predicted molar refractivity (Wildman–Crippen MR) is 108 cm³/mol. The van der Waals surface area contributed by atoms with Gasteiger partial charge in [0.05, 0.1) is 21.6 Å². The fourth-order valence-electron chi connectivity index (χ4n) is 3.28. The first-order valence-electron chi connectivity index (χ1n) is 8.88. The van der Waals surface area contributed by atoms with Crippen LogP contribution in [-0.2, 0) is 17.6 Å². The molecular formula is C21H21N3OS. The van der Waals surface area contributed by atoms with Gasteiger partial charge in [-0.1, -0.05) is 30.3 Å². The summed E-state index contributed by atoms with van der Waals surface area (Å²) in [6, 6.07) is 16.3. The molecule has 4 rings (SSSR count). The number of carbonyl (C=O) groups is 1. The summed E-state index contributed by atoms with van der Waals surface area (Å²) in [6.45, 7) is 2.70. The number of hydrogen-bond acceptors (Lipinski definition) is 3. The molecule has 132 valence electrons. The van der Waals surface area contributed by atoms with Gasteiger partial charge in [0.25, 0.3) is 0 Å². The van der Waals surface area contributed by atoms with Crippen molar-refractivity contribution in [3.8, 4) is 0 Å². The molecule has 0 saturated heterocycles. The second-order valence-electron chi connectivity index (χ2n) is 6.48. The highest BCUT2D eigenvalue weighted by atomic mass is 32.1. The molecule has 0 aliphatic carbocycles. The monoisotopic (exact) mass is 363 g/mol. The molecule has 1 amide bonds. The molecule has 0 aliphatic heterocycles. The molecule has 2 aromatic heterocycles. The van der Waals surface area contributed by atoms with Crippen LogP contribution < -0.4 is 5.32 Å². The zero-order valence-corrected chi connectivity index (χ0v) is 15.5. The predicted octanol–water partition coefficient (Wildman–Crippen LogP) is 4.38. The van der Waals surface area contributed by atoms with Crippen molar-refractivity contribution >= 4 is 38.4 Å². The second kappa shape index (κ2) is 7.30. The number of aromatic nitrogens is 2. The molecule has 0 atom stereocenters. The molecule has 0 fully saturated rings. The van der Waals surface area contributed by atoms with Crippen LogP contribution in [0.15, 0.2) is 48.5 Å². The maximum atomic E-state index is 12.3. The van der Waals surface area contributed by atoms with Crippen molar-refractivity contribution in [2.75, 3.05) is 6.54 Å². The number of thiazole rings is 1. The first-order chi connectivity index (χ1) is 12.7. The molecule has 5 heteroatoms. The largest absolute Gasteiger partial charge is 0.358 e. The van der Waals surface area contributed by atoms with Crippen molar-refractivity contribution in [3.63, 3.8) is 0 Å². The molecular weight excluding hydrogens is 342 g/mol. The summed E-state index contributed by atoms with van der Waals surface area (Å²) in [6.07, 6.45) is 2.21. The van der Waals surface area contributed by atoms with Crippen LogP contribution in [0.2, 0.25) is 0 Å². The second-order valence-corrected chi connectivity index (χ2v) is 7.59. The SMILES string of the molecule is Cc1[nH]c2ccccc2c1CC(=O)NCCCc1nc2ccccc2s1. The molecule has 4 nitrogen and oxygen atoms in total. The Labute approximate surface area is 156 Å². The number of aromatic amines is 1. The number of para-hydroxylation sites is 2. The molecule has 0 spiro atoms. The number of carbonyl (C=O) groups excluding carboxylic acids is 1. The Bertz CT molecular complexity index is 1030. The summed E-state index contributed by atoms with van der Waals surface area (Å²) in [4.78, 5) is 20.3. The van der Waals surface area contributed by atoms with E-state index in [4.69, 9.17) is 0 Å². The van der Waals surface area contributed by atoms with E-state index in [1.807, 2.05) is 43.3 Å². The Morgan fingerprint density at radius 1 is 1.15 bits per heavy atom. The van der Waals surface area contributed by atoms with Crippen molar-refractivity contribution in [1.29, 1.82) is 0 Å². The standard InChI is InChI=1S/C21H21N3OS/c1-14-16(15-7-2-3-8-17(15)23-14)13-20(25)22-12-6-11-21-24-18-9-4-5-10-19(18)26-21/h2-5,7-10,23H,6,11-13H2,1H3,(H,22,25). The average molecular weight is 363 g/mol. The molecule has 0 aliphatic rings. The van der Waals surface area contributed by atoms with Crippen molar-refractivity contribution < 1.29 is 4.79 Å². The molecule has 0 radical (unpaired) electrons. The Morgan fingerprint density at radius 2 is 1.96 bits per heavy atom. The number of hydrogen-bond donors (Lipinski definition) is 2. The topological polar surface area (TPSA) is 57.8 Å². The van der Waals surface area contributed by atoms with Crippen LogP contribution in [0.5, 0.6) is 0 Å². The van der Waals surface area contributed by atoms with Gasteiger partial charge in [-0.25, -0.2) is 4.98 Å². The minimum Gasteiger partial charge on any atom is -0.358 e. The zero-order valence-electron chi connectivity index (χ0n) is 14.7. The summed E-state index contributed by atoms with van der Waals surface area (Å²) >= 11 is 1.74. The summed E-state index contributed by atoms with van der Waals surface area (Å²) in [7, 11) is 0. The number of fused-ring (bicyclic) bond motifs is 2. The highest BCUT2D eigenvalue weighted by molar-refractivity contribution is 7.18. The van der Waals surface area contributed by atoms with Crippen LogP contribution in [0.1, 0.15) is 22.7 Å². The van der Waals surface area contributed by atoms with Crippen molar-refractivity contribution in [2.45, 2.75) is 26.2 Å². The Kier molecular flexibility index (Phi) is 4.71. The first kappa shape index (κ1) is 16.8. The highest BCUT2D eigenvalue weighted by Gasteiger charge is 2.12. The summed E-state index contributed by atoms with van der Waals surface area (Å²) in [5, 5.41) is 5.31. The average Bonchev–Trinajstić information content (AvgIpc) is 3.19. The lowest BCUT2D eigenvalue weighted by Crippen LogP contribution is -2.26. The molecule has 26 heavy (non-hydrogen) atoms. The maximum absolute atomic E-state index is 12.3. The first-order valence-corrected chi connectivity index (χ1v) is 9.69. The summed E-state index contributed by atoms with van der Waals surface area (Å²) in [5.41, 5.74) is 4.30. The van der Waals surface area contributed by atoms with E-state index in [0.717, 1.165) is 45.5 Å². The normalized spacial score (nSPS) is 11.3. The van der Waals surface area contributed by atoms with Gasteiger partial charge in [-0.2, -0.15) is 0 Å². The van der Waals surface area contributed by atoms with E-state index in [1.54, 1.807) is 11.3 Å². The molecule has 0 saturated carbocycles. The fraction of sp³-hybridized carbons (Fsp3) is 0.238. The lowest BCUT2D eigenvalue weighted by molar-refractivity contribution is -0.120. The van der Waals surface area contributed by atoms with Crippen LogP contribution in [0.3, 0.4) is 0 Å². The van der Waals surface area contributed by atoms with E-state index in [-0.39, 0.29) is 5.91 Å². The third kappa shape index (κ3) is 3.48. The fourth-order valence-corrected chi connectivity index (χ4v) is 4.29. The van der Waals surface area contributed by atoms with E-state index < -0.39 is 0 Å². The van der Waals surface area contributed by atoms with Crippen molar-refractivity contribution in [2.24, 2.45) is 0 Å². The minimum absolute atomic E-state index is 0.0714. The summed E-state index contributed by atoms with van der Waals surface area (Å²) in [5.74, 6) is 0.0714. The smallest absolute Gasteiger partial charge is 0.224 e. The lowest BCUT2D eigenvalue weighted by atomic mass is 10.1. The third-order valence-electron chi connectivity index (χ3n) is 4.59. The van der Waals surface area contributed by atoms with Crippen molar-refractivity contribution in [1.82, 2.24) is 15.3 Å². The van der Waals surface area contributed by atoms with Crippen LogP contribution in [-0.4, -0.2) is 22.4 Å². The Hall–Kier alpha value is -2.66. The van der Waals surface area contributed by atoms with Gasteiger partial charge in [-0.15, -0.1) is 11.3 Å². The molecule has 2 N–H and O–H groups in total. The number of amides is 1. The minimum atomic E-state index is 0.0714. The van der Waals surface area contributed by atoms with Crippen LogP contribution in [0.25, 0.3) is 21.1 Å². The van der Waals surface area contributed by atoms with Gasteiger partial charge in [0.15, 0.2) is 0 Å². The molecule has 0 bridgehead atoms. The number of nitrogens with zero attached hydrogens (tertiary/aromatic N) is 1. The zero-order chi connectivity index (χ0) is 17.9. The van der Waals surface area contributed by atoms with Crippen molar-refractivity contribution in [3.05, 3.63) is 64.8 Å². The molecule has 2 aromatic carbocycles.